The molecule has 0 spiro atoms. The first-order valence-electron chi connectivity index (χ1n) is 2.59. The van der Waals surface area contributed by atoms with Crippen molar-refractivity contribution in [1.82, 2.24) is 0 Å². The summed E-state index contributed by atoms with van der Waals surface area (Å²) in [5.41, 5.74) is 0.331. The van der Waals surface area contributed by atoms with Gasteiger partial charge in [0.1, 0.15) is 0 Å². The van der Waals surface area contributed by atoms with Crippen LogP contribution in [0.5, 0.6) is 0 Å². The van der Waals surface area contributed by atoms with Gasteiger partial charge in [-0.25, -0.2) is 4.79 Å². The van der Waals surface area contributed by atoms with Crippen LogP contribution in [0.3, 0.4) is 0 Å². The molecule has 0 saturated heterocycles. The topological polar surface area (TPSA) is 37.3 Å². The average molecular weight is 148 g/mol. The van der Waals surface area contributed by atoms with E-state index in [0.717, 1.165) is 0 Å². The Morgan fingerprint density at radius 2 is 1.80 bits per heavy atom. The minimum Gasteiger partial charge on any atom is -1.00 e. The minimum absolute atomic E-state index is 0. The number of carbonyl (C=O) groups is 1. The summed E-state index contributed by atoms with van der Waals surface area (Å²) < 4.78 is 0. The van der Waals surface area contributed by atoms with Crippen LogP contribution in [0.15, 0.2) is 30.3 Å². The van der Waals surface area contributed by atoms with E-state index in [1.807, 2.05) is 0 Å². The molecule has 1 aromatic rings. The zero-order valence-corrected chi connectivity index (χ0v) is 6.86. The fourth-order valence-electron chi connectivity index (χ4n) is 0.581. The Labute approximate surface area is 78.0 Å². The van der Waals surface area contributed by atoms with Gasteiger partial charge in [0.25, 0.3) is 0 Å². The molecule has 50 valence electrons. The van der Waals surface area contributed by atoms with Gasteiger partial charge in [0.15, 0.2) is 0 Å². The Hall–Kier alpha value is -0.544. The van der Waals surface area contributed by atoms with Crippen LogP contribution in [0.4, 0.5) is 0 Å². The first-order valence-corrected chi connectivity index (χ1v) is 2.59. The van der Waals surface area contributed by atoms with Crippen molar-refractivity contribution in [2.75, 3.05) is 0 Å². The van der Waals surface area contributed by atoms with Crippen LogP contribution in [0, 0.1) is 0 Å². The molecule has 0 amide bonds. The van der Waals surface area contributed by atoms with Crippen LogP contribution >= 0.6 is 0 Å². The smallest absolute Gasteiger partial charge is 1.00 e. The normalized spacial score (nSPS) is 8.00. The van der Waals surface area contributed by atoms with Crippen molar-refractivity contribution >= 4 is 29.0 Å². The summed E-state index contributed by atoms with van der Waals surface area (Å²) in [7, 11) is 0. The summed E-state index contributed by atoms with van der Waals surface area (Å²) in [6, 6.07) is 8.30. The second-order valence-electron chi connectivity index (χ2n) is 1.67. The number of aromatic carboxylic acids is 1. The molecule has 10 heavy (non-hydrogen) atoms. The average Bonchev–Trinajstić information content (AvgIpc) is 1.90. The van der Waals surface area contributed by atoms with Gasteiger partial charge in [-0.15, -0.1) is 0 Å². The summed E-state index contributed by atoms with van der Waals surface area (Å²) in [5.74, 6) is -0.879. The van der Waals surface area contributed by atoms with Gasteiger partial charge in [0.05, 0.1) is 5.56 Å². The number of carboxylic acid groups (broad SMARTS) is 1. The Morgan fingerprint density at radius 3 is 2.10 bits per heavy atom. The SMILES string of the molecule is O=C(O)c1ccccc1.[H-].[H-].[Mg+2]. The van der Waals surface area contributed by atoms with Gasteiger partial charge in [0, 0.05) is 0 Å². The second-order valence-corrected chi connectivity index (χ2v) is 1.67. The predicted molar refractivity (Wildman–Crippen MR) is 41.4 cm³/mol. The molecule has 0 unspecified atom stereocenters. The number of benzene rings is 1. The fraction of sp³-hybridized carbons (Fsp3) is 0. The summed E-state index contributed by atoms with van der Waals surface area (Å²) in [6.07, 6.45) is 0. The molecular formula is C7H8MgO2. The van der Waals surface area contributed by atoms with Gasteiger partial charge < -0.3 is 7.96 Å². The summed E-state index contributed by atoms with van der Waals surface area (Å²) in [5, 5.41) is 8.38. The van der Waals surface area contributed by atoms with Gasteiger partial charge in [-0.3, -0.25) is 0 Å². The van der Waals surface area contributed by atoms with Crippen molar-refractivity contribution in [3.8, 4) is 0 Å². The third-order valence-electron chi connectivity index (χ3n) is 1.02. The first kappa shape index (κ1) is 9.46. The van der Waals surface area contributed by atoms with Crippen molar-refractivity contribution in [3.63, 3.8) is 0 Å². The molecule has 0 aliphatic rings. The molecule has 1 aromatic carbocycles. The molecule has 0 saturated carbocycles. The Balaban J connectivity index is -0.000000270. The summed E-state index contributed by atoms with van der Waals surface area (Å²) >= 11 is 0. The number of hydrogen-bond donors (Lipinski definition) is 1. The van der Waals surface area contributed by atoms with E-state index in [-0.39, 0.29) is 25.9 Å². The second kappa shape index (κ2) is 4.30. The maximum absolute atomic E-state index is 10.2. The molecule has 1 N–H and O–H groups in total. The van der Waals surface area contributed by atoms with Gasteiger partial charge in [-0.05, 0) is 12.1 Å². The number of hydrogen-bond acceptors (Lipinski definition) is 1. The van der Waals surface area contributed by atoms with Crippen molar-refractivity contribution < 1.29 is 12.8 Å². The van der Waals surface area contributed by atoms with E-state index >= 15 is 0 Å². The quantitative estimate of drug-likeness (QED) is 0.608. The van der Waals surface area contributed by atoms with Gasteiger partial charge >= 0.3 is 29.0 Å². The minimum atomic E-state index is -0.879. The fourth-order valence-corrected chi connectivity index (χ4v) is 0.581. The maximum atomic E-state index is 10.2. The molecule has 0 radical (unpaired) electrons. The van der Waals surface area contributed by atoms with E-state index in [2.05, 4.69) is 0 Å². The van der Waals surface area contributed by atoms with Crippen LogP contribution in [-0.4, -0.2) is 34.1 Å². The summed E-state index contributed by atoms with van der Waals surface area (Å²) in [6.45, 7) is 0. The van der Waals surface area contributed by atoms with E-state index in [1.165, 1.54) is 0 Å². The molecule has 0 heterocycles. The van der Waals surface area contributed by atoms with E-state index in [4.69, 9.17) is 5.11 Å². The molecule has 0 aliphatic heterocycles. The molecule has 0 fully saturated rings. The third kappa shape index (κ3) is 2.37. The molecule has 0 bridgehead atoms. The zero-order chi connectivity index (χ0) is 6.69. The Kier molecular flexibility index (Phi) is 4.07. The van der Waals surface area contributed by atoms with Crippen molar-refractivity contribution in [3.05, 3.63) is 35.9 Å². The van der Waals surface area contributed by atoms with E-state index in [0.29, 0.717) is 5.56 Å². The molecule has 0 atom stereocenters. The predicted octanol–water partition coefficient (Wildman–Crippen LogP) is 1.23. The van der Waals surface area contributed by atoms with Crippen LogP contribution in [0.1, 0.15) is 13.2 Å². The molecule has 3 heteroatoms. The molecule has 1 rings (SSSR count). The maximum Gasteiger partial charge on any atom is 2.00 e. The van der Waals surface area contributed by atoms with Crippen molar-refractivity contribution in [1.29, 1.82) is 0 Å². The van der Waals surface area contributed by atoms with Gasteiger partial charge in [0.2, 0.25) is 0 Å². The Morgan fingerprint density at radius 1 is 1.30 bits per heavy atom. The monoisotopic (exact) mass is 148 g/mol. The van der Waals surface area contributed by atoms with Crippen molar-refractivity contribution in [2.24, 2.45) is 0 Å². The van der Waals surface area contributed by atoms with Gasteiger partial charge in [-0.1, -0.05) is 18.2 Å². The number of carboxylic acids is 1. The largest absolute Gasteiger partial charge is 2.00 e. The Bertz CT molecular complexity index is 216. The third-order valence-corrected chi connectivity index (χ3v) is 1.02. The van der Waals surface area contributed by atoms with Crippen LogP contribution < -0.4 is 0 Å². The van der Waals surface area contributed by atoms with Crippen LogP contribution in [0.2, 0.25) is 0 Å². The number of rotatable bonds is 1. The standard InChI is InChI=1S/C7H6O2.Mg.2H/c8-7(9)6-4-2-1-3-5-6;;;/h1-5H,(H,8,9);;;/q;+2;2*-1. The van der Waals surface area contributed by atoms with Crippen LogP contribution in [0.25, 0.3) is 0 Å². The van der Waals surface area contributed by atoms with E-state index in [9.17, 15) is 4.79 Å². The van der Waals surface area contributed by atoms with Gasteiger partial charge in [-0.2, -0.15) is 0 Å². The van der Waals surface area contributed by atoms with E-state index < -0.39 is 5.97 Å². The molecule has 0 aromatic heterocycles. The summed E-state index contributed by atoms with van der Waals surface area (Å²) in [4.78, 5) is 10.2. The molecular weight excluding hydrogens is 140 g/mol. The molecule has 2 nitrogen and oxygen atoms in total. The van der Waals surface area contributed by atoms with E-state index in [1.54, 1.807) is 30.3 Å². The first-order chi connectivity index (χ1) is 4.30. The molecule has 0 aliphatic carbocycles. The van der Waals surface area contributed by atoms with Crippen molar-refractivity contribution in [2.45, 2.75) is 0 Å². The zero-order valence-electron chi connectivity index (χ0n) is 7.45. The van der Waals surface area contributed by atoms with Crippen LogP contribution in [-0.2, 0) is 0 Å².